The lowest BCUT2D eigenvalue weighted by Crippen LogP contribution is -2.04. The molecule has 0 aliphatic carbocycles. The highest BCUT2D eigenvalue weighted by Crippen LogP contribution is 2.45. The Labute approximate surface area is 197 Å². The average Bonchev–Trinajstić information content (AvgIpc) is 2.83. The molecule has 0 heterocycles. The lowest BCUT2D eigenvalue weighted by molar-refractivity contribution is 0.401. The number of aromatic hydroxyl groups is 5. The van der Waals surface area contributed by atoms with Crippen LogP contribution < -0.4 is 5.32 Å². The Morgan fingerprint density at radius 1 is 0.706 bits per heavy atom. The Morgan fingerprint density at radius 2 is 1.44 bits per heavy atom. The Balaban J connectivity index is 1.77. The molecule has 0 bridgehead atoms. The monoisotopic (exact) mass is 457 g/mol. The maximum Gasteiger partial charge on any atom is 0.169 e. The molecule has 4 rings (SSSR count). The summed E-state index contributed by atoms with van der Waals surface area (Å²) in [6.45, 7) is 0.783. The quantitative estimate of drug-likeness (QED) is 0.171. The first-order valence-electron chi connectivity index (χ1n) is 11.0. The van der Waals surface area contributed by atoms with Crippen LogP contribution in [-0.2, 0) is 19.4 Å². The van der Waals surface area contributed by atoms with E-state index in [1.165, 1.54) is 23.8 Å². The molecular weight excluding hydrogens is 430 g/mol. The highest BCUT2D eigenvalue weighted by molar-refractivity contribution is 6.03. The standard InChI is InChI=1S/C28H27NO5/c1-29-16-19-7-5-17(6-8-19)9-13-22-20(12-10-18-11-14-23(30)25(32)15-18)21-3-2-4-24(31)26(21)28(34)27(22)33/h2-8,10-12,14-15,29-34H,9,13,16H2,1H3. The zero-order chi connectivity index (χ0) is 24.2. The van der Waals surface area contributed by atoms with Crippen molar-refractivity contribution in [1.82, 2.24) is 5.32 Å². The molecule has 6 N–H and O–H groups in total. The van der Waals surface area contributed by atoms with Crippen molar-refractivity contribution in [2.24, 2.45) is 0 Å². The summed E-state index contributed by atoms with van der Waals surface area (Å²) >= 11 is 0. The summed E-state index contributed by atoms with van der Waals surface area (Å²) in [5.74, 6) is -1.20. The predicted molar refractivity (Wildman–Crippen MR) is 134 cm³/mol. The number of phenolic OH excluding ortho intramolecular Hbond substituents is 5. The summed E-state index contributed by atoms with van der Waals surface area (Å²) in [5, 5.41) is 55.2. The summed E-state index contributed by atoms with van der Waals surface area (Å²) < 4.78 is 0. The molecule has 0 radical (unpaired) electrons. The topological polar surface area (TPSA) is 113 Å². The fourth-order valence-electron chi connectivity index (χ4n) is 4.13. The predicted octanol–water partition coefficient (Wildman–Crippen LogP) is 5.04. The second kappa shape index (κ2) is 9.77. The van der Waals surface area contributed by atoms with E-state index in [-0.39, 0.29) is 34.1 Å². The van der Waals surface area contributed by atoms with Crippen molar-refractivity contribution in [1.29, 1.82) is 0 Å². The van der Waals surface area contributed by atoms with E-state index in [4.69, 9.17) is 0 Å². The Kier molecular flexibility index (Phi) is 6.61. The molecule has 0 aliphatic rings. The Morgan fingerprint density at radius 3 is 2.15 bits per heavy atom. The smallest absolute Gasteiger partial charge is 0.169 e. The molecule has 174 valence electrons. The Bertz CT molecular complexity index is 1360. The van der Waals surface area contributed by atoms with E-state index in [2.05, 4.69) is 17.4 Å². The van der Waals surface area contributed by atoms with Crippen molar-refractivity contribution >= 4 is 22.9 Å². The number of hydrogen-bond acceptors (Lipinski definition) is 6. The fraction of sp³-hybridized carbons (Fsp3) is 0.143. The van der Waals surface area contributed by atoms with Gasteiger partial charge >= 0.3 is 0 Å². The first-order chi connectivity index (χ1) is 16.4. The normalized spacial score (nSPS) is 11.4. The third kappa shape index (κ3) is 4.63. The van der Waals surface area contributed by atoms with E-state index in [1.807, 2.05) is 19.2 Å². The molecule has 0 unspecified atom stereocenters. The molecule has 0 aliphatic heterocycles. The van der Waals surface area contributed by atoms with Crippen LogP contribution in [-0.4, -0.2) is 32.6 Å². The van der Waals surface area contributed by atoms with Crippen LogP contribution in [0.4, 0.5) is 0 Å². The van der Waals surface area contributed by atoms with E-state index in [9.17, 15) is 25.5 Å². The summed E-state index contributed by atoms with van der Waals surface area (Å²) in [5.41, 5.74) is 4.11. The third-order valence-corrected chi connectivity index (χ3v) is 5.91. The Hall–Kier alpha value is -4.16. The van der Waals surface area contributed by atoms with Gasteiger partial charge in [-0.25, -0.2) is 0 Å². The minimum Gasteiger partial charge on any atom is -0.507 e. The van der Waals surface area contributed by atoms with Gasteiger partial charge < -0.3 is 30.8 Å². The van der Waals surface area contributed by atoms with Crippen LogP contribution in [0.25, 0.3) is 22.9 Å². The van der Waals surface area contributed by atoms with Gasteiger partial charge in [0.1, 0.15) is 5.75 Å². The minimum atomic E-state index is -0.355. The maximum absolute atomic E-state index is 10.9. The minimum absolute atomic E-state index is 0.131. The largest absolute Gasteiger partial charge is 0.507 e. The van der Waals surface area contributed by atoms with Crippen LogP contribution in [0.15, 0.2) is 60.7 Å². The number of benzene rings is 4. The van der Waals surface area contributed by atoms with Crippen molar-refractivity contribution < 1.29 is 25.5 Å². The summed E-state index contributed by atoms with van der Waals surface area (Å²) in [6, 6.07) is 17.6. The summed E-state index contributed by atoms with van der Waals surface area (Å²) in [4.78, 5) is 0. The van der Waals surface area contributed by atoms with Gasteiger partial charge in [-0.3, -0.25) is 0 Å². The molecule has 6 nitrogen and oxygen atoms in total. The van der Waals surface area contributed by atoms with Crippen LogP contribution in [0.2, 0.25) is 0 Å². The number of aryl methyl sites for hydroxylation is 1. The molecule has 0 amide bonds. The van der Waals surface area contributed by atoms with Crippen molar-refractivity contribution in [3.63, 3.8) is 0 Å². The molecular formula is C28H27NO5. The van der Waals surface area contributed by atoms with E-state index < -0.39 is 0 Å². The molecule has 4 aromatic carbocycles. The van der Waals surface area contributed by atoms with Crippen LogP contribution in [0.3, 0.4) is 0 Å². The van der Waals surface area contributed by atoms with Gasteiger partial charge in [-0.2, -0.15) is 0 Å². The molecule has 0 saturated heterocycles. The van der Waals surface area contributed by atoms with Crippen LogP contribution >= 0.6 is 0 Å². The molecule has 4 aromatic rings. The second-order valence-electron chi connectivity index (χ2n) is 8.22. The maximum atomic E-state index is 10.9. The SMILES string of the molecule is CNCc1ccc(CCc2c(O)c(O)c3c(O)cccc3c2C=Cc2ccc(O)c(O)c2)cc1. The number of hydrogen-bond donors (Lipinski definition) is 6. The average molecular weight is 458 g/mol. The first kappa shape index (κ1) is 23.0. The summed E-state index contributed by atoms with van der Waals surface area (Å²) in [6.07, 6.45) is 4.61. The van der Waals surface area contributed by atoms with Crippen molar-refractivity contribution in [3.8, 4) is 28.7 Å². The zero-order valence-corrected chi connectivity index (χ0v) is 18.8. The van der Waals surface area contributed by atoms with Crippen molar-refractivity contribution in [2.45, 2.75) is 19.4 Å². The lowest BCUT2D eigenvalue weighted by Gasteiger charge is -2.16. The molecule has 6 heteroatoms. The number of nitrogens with one attached hydrogen (secondary N) is 1. The molecule has 0 spiro atoms. The van der Waals surface area contributed by atoms with E-state index in [1.54, 1.807) is 30.4 Å². The van der Waals surface area contributed by atoms with E-state index in [0.29, 0.717) is 34.9 Å². The third-order valence-electron chi connectivity index (χ3n) is 5.91. The van der Waals surface area contributed by atoms with Gasteiger partial charge in [-0.05, 0) is 65.7 Å². The first-order valence-corrected chi connectivity index (χ1v) is 11.0. The van der Waals surface area contributed by atoms with Gasteiger partial charge in [0.25, 0.3) is 0 Å². The second-order valence-corrected chi connectivity index (χ2v) is 8.22. The van der Waals surface area contributed by atoms with E-state index >= 15 is 0 Å². The van der Waals surface area contributed by atoms with Gasteiger partial charge in [0.15, 0.2) is 23.0 Å². The lowest BCUT2D eigenvalue weighted by atomic mass is 9.91. The van der Waals surface area contributed by atoms with Crippen molar-refractivity contribution in [2.75, 3.05) is 7.05 Å². The molecule has 34 heavy (non-hydrogen) atoms. The van der Waals surface area contributed by atoms with Crippen LogP contribution in [0.1, 0.15) is 27.8 Å². The number of fused-ring (bicyclic) bond motifs is 1. The van der Waals surface area contributed by atoms with Gasteiger partial charge in [-0.15, -0.1) is 0 Å². The molecule has 0 aromatic heterocycles. The van der Waals surface area contributed by atoms with E-state index in [0.717, 1.165) is 12.1 Å². The van der Waals surface area contributed by atoms with Crippen LogP contribution in [0.5, 0.6) is 28.7 Å². The van der Waals surface area contributed by atoms with Gasteiger partial charge in [0, 0.05) is 12.1 Å². The number of rotatable bonds is 7. The highest BCUT2D eigenvalue weighted by Gasteiger charge is 2.19. The molecule has 0 saturated carbocycles. The van der Waals surface area contributed by atoms with Gasteiger partial charge in [-0.1, -0.05) is 54.6 Å². The number of phenols is 5. The molecule has 0 fully saturated rings. The van der Waals surface area contributed by atoms with Gasteiger partial charge in [0.2, 0.25) is 0 Å². The zero-order valence-electron chi connectivity index (χ0n) is 18.8. The summed E-state index contributed by atoms with van der Waals surface area (Å²) in [7, 11) is 1.90. The van der Waals surface area contributed by atoms with Crippen molar-refractivity contribution in [3.05, 3.63) is 88.5 Å². The highest BCUT2D eigenvalue weighted by atomic mass is 16.3. The van der Waals surface area contributed by atoms with Crippen LogP contribution in [0, 0.1) is 0 Å². The van der Waals surface area contributed by atoms with Gasteiger partial charge in [0.05, 0.1) is 5.39 Å². The fourth-order valence-corrected chi connectivity index (χ4v) is 4.13. The molecule has 0 atom stereocenters.